The van der Waals surface area contributed by atoms with Crippen molar-refractivity contribution in [3.8, 4) is 0 Å². The molecule has 3 atom stereocenters. The van der Waals surface area contributed by atoms with E-state index in [0.29, 0.717) is 24.0 Å². The minimum absolute atomic E-state index is 0.00331. The molecule has 0 aliphatic carbocycles. The molecule has 2 aliphatic heterocycles. The summed E-state index contributed by atoms with van der Waals surface area (Å²) in [5, 5.41) is 0.633. The summed E-state index contributed by atoms with van der Waals surface area (Å²) in [6, 6.07) is 7.26. The third kappa shape index (κ3) is 3.57. The second-order valence-electron chi connectivity index (χ2n) is 6.93. The smallest absolute Gasteiger partial charge is 0.228 e. The van der Waals surface area contributed by atoms with E-state index in [1.165, 1.54) is 0 Å². The number of nitrogens with two attached hydrogens (primary N) is 1. The molecule has 1 aromatic rings. The molecule has 1 aromatic carbocycles. The molecule has 2 saturated heterocycles. The summed E-state index contributed by atoms with van der Waals surface area (Å²) in [6.07, 6.45) is 2.34. The Balaban J connectivity index is 1.66. The minimum atomic E-state index is -0.264. The number of benzene rings is 1. The van der Waals surface area contributed by atoms with Gasteiger partial charge in [-0.3, -0.25) is 9.59 Å². The Kier molecular flexibility index (Phi) is 5.11. The lowest BCUT2D eigenvalue weighted by molar-refractivity contribution is -0.137. The quantitative estimate of drug-likeness (QED) is 0.910. The van der Waals surface area contributed by atoms with Crippen molar-refractivity contribution < 1.29 is 9.59 Å². The Morgan fingerprint density at radius 2 is 2.00 bits per heavy atom. The predicted molar refractivity (Wildman–Crippen MR) is 94.9 cm³/mol. The number of hydrogen-bond donors (Lipinski definition) is 1. The van der Waals surface area contributed by atoms with E-state index >= 15 is 0 Å². The van der Waals surface area contributed by atoms with Gasteiger partial charge >= 0.3 is 0 Å². The van der Waals surface area contributed by atoms with E-state index in [1.807, 2.05) is 24.0 Å². The Morgan fingerprint density at radius 1 is 1.29 bits per heavy atom. The fourth-order valence-corrected chi connectivity index (χ4v) is 3.77. The van der Waals surface area contributed by atoms with Gasteiger partial charge in [-0.2, -0.15) is 0 Å². The molecule has 0 spiro atoms. The topological polar surface area (TPSA) is 66.6 Å². The maximum Gasteiger partial charge on any atom is 0.228 e. The average molecular weight is 350 g/mol. The highest BCUT2D eigenvalue weighted by Gasteiger charge is 2.38. The van der Waals surface area contributed by atoms with Gasteiger partial charge in [-0.15, -0.1) is 0 Å². The van der Waals surface area contributed by atoms with E-state index in [4.69, 9.17) is 17.3 Å². The molecule has 2 fully saturated rings. The number of carbonyl (C=O) groups is 2. The van der Waals surface area contributed by atoms with Crippen molar-refractivity contribution in [1.29, 1.82) is 0 Å². The number of carbonyl (C=O) groups excluding carboxylic acids is 2. The number of hydrogen-bond acceptors (Lipinski definition) is 3. The molecule has 0 radical (unpaired) electrons. The first-order chi connectivity index (χ1) is 11.5. The maximum atomic E-state index is 12.8. The maximum absolute atomic E-state index is 12.8. The van der Waals surface area contributed by atoms with Crippen molar-refractivity contribution in [2.75, 3.05) is 24.5 Å². The predicted octanol–water partition coefficient (Wildman–Crippen LogP) is 2.28. The highest BCUT2D eigenvalue weighted by Crippen LogP contribution is 2.29. The standard InChI is InChI=1S/C18H24ClN3O2/c1-12(20)13-3-2-8-21(10-13)18(24)14-9-17(23)22(11-14)16-6-4-15(19)5-7-16/h4-7,12-14H,2-3,8-11,20H2,1H3. The lowest BCUT2D eigenvalue weighted by Crippen LogP contribution is -2.47. The van der Waals surface area contributed by atoms with Crippen LogP contribution in [0.2, 0.25) is 5.02 Å². The van der Waals surface area contributed by atoms with E-state index in [9.17, 15) is 9.59 Å². The normalized spacial score (nSPS) is 25.9. The van der Waals surface area contributed by atoms with Gasteiger partial charge < -0.3 is 15.5 Å². The summed E-state index contributed by atoms with van der Waals surface area (Å²) in [5.74, 6) is 0.175. The zero-order chi connectivity index (χ0) is 17.3. The van der Waals surface area contributed by atoms with Gasteiger partial charge in [0.2, 0.25) is 11.8 Å². The molecule has 0 saturated carbocycles. The summed E-state index contributed by atoms with van der Waals surface area (Å²) >= 11 is 5.90. The van der Waals surface area contributed by atoms with Crippen LogP contribution in [0.4, 0.5) is 5.69 Å². The van der Waals surface area contributed by atoms with Gasteiger partial charge in [-0.25, -0.2) is 0 Å². The minimum Gasteiger partial charge on any atom is -0.342 e. The number of amides is 2. The van der Waals surface area contributed by atoms with Crippen LogP contribution in [0.15, 0.2) is 24.3 Å². The first kappa shape index (κ1) is 17.2. The SMILES string of the molecule is CC(N)C1CCCN(C(=O)C2CC(=O)N(c3ccc(Cl)cc3)C2)C1. The number of rotatable bonds is 3. The molecule has 3 unspecified atom stereocenters. The molecular formula is C18H24ClN3O2. The number of anilines is 1. The van der Waals surface area contributed by atoms with E-state index in [0.717, 1.165) is 25.1 Å². The molecule has 2 heterocycles. The summed E-state index contributed by atoms with van der Waals surface area (Å²) < 4.78 is 0. The molecule has 0 bridgehead atoms. The molecular weight excluding hydrogens is 326 g/mol. The van der Waals surface area contributed by atoms with Crippen LogP contribution in [0.1, 0.15) is 26.2 Å². The van der Waals surface area contributed by atoms with Crippen LogP contribution in [0.25, 0.3) is 0 Å². The van der Waals surface area contributed by atoms with Gasteiger partial charge in [-0.05, 0) is 49.9 Å². The van der Waals surface area contributed by atoms with Gasteiger partial charge in [0.25, 0.3) is 0 Å². The van der Waals surface area contributed by atoms with Crippen LogP contribution < -0.4 is 10.6 Å². The van der Waals surface area contributed by atoms with E-state index in [2.05, 4.69) is 0 Å². The number of halogens is 1. The van der Waals surface area contributed by atoms with Crippen molar-refractivity contribution in [2.45, 2.75) is 32.2 Å². The molecule has 24 heavy (non-hydrogen) atoms. The highest BCUT2D eigenvalue weighted by atomic mass is 35.5. The lowest BCUT2D eigenvalue weighted by atomic mass is 9.91. The van der Waals surface area contributed by atoms with E-state index in [1.54, 1.807) is 17.0 Å². The average Bonchev–Trinajstić information content (AvgIpc) is 2.97. The van der Waals surface area contributed by atoms with Crippen molar-refractivity contribution in [3.63, 3.8) is 0 Å². The second-order valence-corrected chi connectivity index (χ2v) is 7.36. The third-order valence-electron chi connectivity index (χ3n) is 5.13. The van der Waals surface area contributed by atoms with Crippen LogP contribution in [0.3, 0.4) is 0 Å². The number of nitrogens with zero attached hydrogens (tertiary/aromatic N) is 2. The van der Waals surface area contributed by atoms with Crippen LogP contribution in [0.5, 0.6) is 0 Å². The van der Waals surface area contributed by atoms with Crippen LogP contribution in [-0.4, -0.2) is 42.4 Å². The Bertz CT molecular complexity index is 617. The Labute approximate surface area is 147 Å². The van der Waals surface area contributed by atoms with Crippen molar-refractivity contribution in [1.82, 2.24) is 4.90 Å². The molecule has 6 heteroatoms. The first-order valence-corrected chi connectivity index (χ1v) is 8.94. The fraction of sp³-hybridized carbons (Fsp3) is 0.556. The molecule has 2 aliphatic rings. The molecule has 2 amide bonds. The third-order valence-corrected chi connectivity index (χ3v) is 5.38. The molecule has 0 aromatic heterocycles. The van der Waals surface area contributed by atoms with Gasteiger partial charge in [0.05, 0.1) is 5.92 Å². The van der Waals surface area contributed by atoms with Crippen molar-refractivity contribution in [2.24, 2.45) is 17.6 Å². The van der Waals surface area contributed by atoms with Crippen molar-refractivity contribution >= 4 is 29.1 Å². The summed E-state index contributed by atoms with van der Waals surface area (Å²) in [6.45, 7) is 3.93. The largest absolute Gasteiger partial charge is 0.342 e. The van der Waals surface area contributed by atoms with Gasteiger partial charge in [0, 0.05) is 42.8 Å². The van der Waals surface area contributed by atoms with E-state index in [-0.39, 0.29) is 30.2 Å². The van der Waals surface area contributed by atoms with Crippen molar-refractivity contribution in [3.05, 3.63) is 29.3 Å². The first-order valence-electron chi connectivity index (χ1n) is 8.56. The molecule has 3 rings (SSSR count). The van der Waals surface area contributed by atoms with Crippen LogP contribution in [-0.2, 0) is 9.59 Å². The molecule has 2 N–H and O–H groups in total. The lowest BCUT2D eigenvalue weighted by Gasteiger charge is -2.35. The monoisotopic (exact) mass is 349 g/mol. The molecule has 5 nitrogen and oxygen atoms in total. The summed E-state index contributed by atoms with van der Waals surface area (Å²) in [5.41, 5.74) is 6.80. The van der Waals surface area contributed by atoms with Gasteiger partial charge in [0.15, 0.2) is 0 Å². The fourth-order valence-electron chi connectivity index (χ4n) is 3.64. The summed E-state index contributed by atoms with van der Waals surface area (Å²) in [7, 11) is 0. The van der Waals surface area contributed by atoms with Gasteiger partial charge in [0.1, 0.15) is 0 Å². The van der Waals surface area contributed by atoms with Crippen LogP contribution in [0, 0.1) is 11.8 Å². The van der Waals surface area contributed by atoms with E-state index < -0.39 is 0 Å². The molecule has 130 valence electrons. The zero-order valence-electron chi connectivity index (χ0n) is 14.0. The number of piperidine rings is 1. The summed E-state index contributed by atoms with van der Waals surface area (Å²) in [4.78, 5) is 28.8. The zero-order valence-corrected chi connectivity index (χ0v) is 14.7. The second kappa shape index (κ2) is 7.11. The van der Waals surface area contributed by atoms with Gasteiger partial charge in [-0.1, -0.05) is 11.6 Å². The Hall–Kier alpha value is -1.59. The highest BCUT2D eigenvalue weighted by molar-refractivity contribution is 6.30. The van der Waals surface area contributed by atoms with Crippen LogP contribution >= 0.6 is 11.6 Å². The number of likely N-dealkylation sites (tertiary alicyclic amines) is 1. The Morgan fingerprint density at radius 3 is 2.67 bits per heavy atom.